The lowest BCUT2D eigenvalue weighted by molar-refractivity contribution is -0.142. The first kappa shape index (κ1) is 49.2. The Morgan fingerprint density at radius 3 is 0.800 bits per heavy atom. The molecule has 1 aliphatic carbocycles. The number of benzene rings is 4. The average Bonchev–Trinajstić information content (AvgIpc) is 3.51. The van der Waals surface area contributed by atoms with Crippen LogP contribution in [0.2, 0.25) is 0 Å². The molecule has 0 N–H and O–H groups in total. The van der Waals surface area contributed by atoms with E-state index in [0.717, 1.165) is 47.4 Å². The number of carbonyl (C=O) groups is 4. The Morgan fingerprint density at radius 1 is 0.369 bits per heavy atom. The molecule has 4 aromatic rings. The van der Waals surface area contributed by atoms with Gasteiger partial charge in [0.15, 0.2) is 25.1 Å². The fourth-order valence-electron chi connectivity index (χ4n) is 7.22. The van der Waals surface area contributed by atoms with Crippen molar-refractivity contribution < 1.29 is 28.7 Å². The van der Waals surface area contributed by atoms with Crippen molar-refractivity contribution in [3.63, 3.8) is 0 Å². The van der Waals surface area contributed by atoms with Crippen molar-refractivity contribution in [2.75, 3.05) is 14.2 Å². The van der Waals surface area contributed by atoms with Crippen molar-refractivity contribution in [2.45, 2.75) is 111 Å². The molecule has 5 rings (SSSR count). The van der Waals surface area contributed by atoms with Gasteiger partial charge < -0.3 is 9.47 Å². The van der Waals surface area contributed by atoms with Crippen LogP contribution in [-0.4, -0.2) is 45.2 Å². The molecule has 0 heterocycles. The van der Waals surface area contributed by atoms with Gasteiger partial charge in [0.25, 0.3) is 0 Å². The van der Waals surface area contributed by atoms with Gasteiger partial charge in [-0.2, -0.15) is 0 Å². The predicted octanol–water partition coefficient (Wildman–Crippen LogP) is 11.2. The Balaban J connectivity index is 1.94. The second-order valence-electron chi connectivity index (χ2n) is 20.2. The van der Waals surface area contributed by atoms with Crippen LogP contribution in [0.1, 0.15) is 169 Å². The van der Waals surface area contributed by atoms with Gasteiger partial charge in [-0.1, -0.05) is 155 Å². The van der Waals surface area contributed by atoms with Crippen LogP contribution in [0.15, 0.2) is 95.1 Å². The zero-order valence-corrected chi connectivity index (χ0v) is 40.2. The van der Waals surface area contributed by atoms with E-state index in [-0.39, 0.29) is 32.8 Å². The molecule has 0 aliphatic heterocycles. The lowest BCUT2D eigenvalue weighted by Gasteiger charge is -2.28. The molecule has 0 saturated carbocycles. The number of methoxy groups -OCH3 is 2. The maximum atomic E-state index is 12.6. The van der Waals surface area contributed by atoms with E-state index in [1.807, 2.05) is 72.8 Å². The predicted molar refractivity (Wildman–Crippen MR) is 260 cm³/mol. The van der Waals surface area contributed by atoms with E-state index in [1.165, 1.54) is 14.2 Å². The first-order chi connectivity index (χ1) is 30.4. The highest BCUT2D eigenvalue weighted by atomic mass is 16.7. The molecule has 0 atom stereocenters. The van der Waals surface area contributed by atoms with Crippen molar-refractivity contribution in [1.82, 2.24) is 0 Å². The topological polar surface area (TPSA) is 86.7 Å². The third-order valence-electron chi connectivity index (χ3n) is 11.5. The van der Waals surface area contributed by atoms with Crippen LogP contribution in [0.3, 0.4) is 0 Å². The number of hydrogen-bond donors (Lipinski definition) is 0. The maximum absolute atomic E-state index is 12.6. The molecule has 0 amide bonds. The first-order valence-electron chi connectivity index (χ1n) is 21.5. The van der Waals surface area contributed by atoms with Crippen LogP contribution in [-0.2, 0) is 31.1 Å². The minimum Gasteiger partial charge on any atom is -0.345 e. The summed E-state index contributed by atoms with van der Waals surface area (Å²) in [5.41, 5.74) is 7.57. The van der Waals surface area contributed by atoms with Gasteiger partial charge in [-0.25, -0.2) is 0 Å². The van der Waals surface area contributed by atoms with Gasteiger partial charge in [0.2, 0.25) is 5.79 Å². The molecular formula is C59H58O6. The Labute approximate surface area is 386 Å². The summed E-state index contributed by atoms with van der Waals surface area (Å²) in [7, 11) is 2.92. The molecule has 330 valence electrons. The van der Waals surface area contributed by atoms with E-state index in [4.69, 9.17) is 9.47 Å². The largest absolute Gasteiger partial charge is 0.345 e. The number of rotatable bonds is 6. The minimum atomic E-state index is -1.79. The van der Waals surface area contributed by atoms with Gasteiger partial charge in [-0.15, -0.1) is 0 Å². The Morgan fingerprint density at radius 2 is 0.600 bits per heavy atom. The zero-order valence-electron chi connectivity index (χ0n) is 40.2. The van der Waals surface area contributed by atoms with Crippen molar-refractivity contribution in [3.05, 3.63) is 162 Å². The standard InChI is InChI=1S/C59H58O6/c1-55(2,3)47-23-15-39(43(31-47)35-60)19-27-51-52(28-20-40-16-24-48(56(4,5)6)32-44(40)36-61)54(30-22-42-18-26-50(58(10,11)12)34-46(42)38-63)59(64-13,65-14)53(51)29-21-41-17-25-49(57(7,8)9)33-45(41)37-62/h15-18,23-26,31-38H,1-14H3. The Hall–Kier alpha value is -6.80. The van der Waals surface area contributed by atoms with Crippen LogP contribution in [0, 0.1) is 47.4 Å². The summed E-state index contributed by atoms with van der Waals surface area (Å²) < 4.78 is 12.6. The van der Waals surface area contributed by atoms with E-state index < -0.39 is 5.79 Å². The highest BCUT2D eigenvalue weighted by molar-refractivity contribution is 5.85. The highest BCUT2D eigenvalue weighted by Gasteiger charge is 2.47. The fourth-order valence-corrected chi connectivity index (χ4v) is 7.22. The van der Waals surface area contributed by atoms with Crippen molar-refractivity contribution in [2.24, 2.45) is 0 Å². The molecule has 4 aromatic carbocycles. The Bertz CT molecular complexity index is 2710. The molecule has 6 heteroatoms. The number of allylic oxidation sites excluding steroid dienone is 2. The molecular weight excluding hydrogens is 805 g/mol. The molecule has 6 nitrogen and oxygen atoms in total. The second-order valence-corrected chi connectivity index (χ2v) is 20.2. The quantitative estimate of drug-likeness (QED) is 0.109. The molecule has 1 aliphatic rings. The molecule has 0 fully saturated rings. The molecule has 0 aromatic heterocycles. The third kappa shape index (κ3) is 10.8. The SMILES string of the molecule is COC1(OC)C(C#Cc2ccc(C(C)(C)C)cc2C=O)=C(C#Cc2ccc(C(C)(C)C)cc2C=O)C(C#Cc2ccc(C(C)(C)C)cc2C=O)=C1C#Cc1ccc(C(C)(C)C)cc1C=O. The summed E-state index contributed by atoms with van der Waals surface area (Å²) in [5.74, 6) is 24.2. The molecule has 0 unspecified atom stereocenters. The fraction of sp³-hybridized carbons (Fsp3) is 0.322. The zero-order chi connectivity index (χ0) is 48.1. The maximum Gasteiger partial charge on any atom is 0.240 e. The van der Waals surface area contributed by atoms with E-state index in [9.17, 15) is 19.2 Å². The van der Waals surface area contributed by atoms with E-state index in [1.54, 1.807) is 0 Å². The second kappa shape index (κ2) is 19.1. The van der Waals surface area contributed by atoms with Gasteiger partial charge in [0.05, 0.1) is 22.3 Å². The summed E-state index contributed by atoms with van der Waals surface area (Å²) >= 11 is 0. The summed E-state index contributed by atoms with van der Waals surface area (Å²) in [5, 5.41) is 0. The van der Waals surface area contributed by atoms with E-state index in [2.05, 4.69) is 130 Å². The minimum absolute atomic E-state index is 0.216. The number of hydrogen-bond acceptors (Lipinski definition) is 6. The van der Waals surface area contributed by atoms with Crippen molar-refractivity contribution >= 4 is 25.1 Å². The van der Waals surface area contributed by atoms with E-state index in [0.29, 0.717) is 55.7 Å². The number of carbonyl (C=O) groups excluding carboxylic acids is 4. The van der Waals surface area contributed by atoms with Crippen LogP contribution < -0.4 is 0 Å². The smallest absolute Gasteiger partial charge is 0.240 e. The van der Waals surface area contributed by atoms with Gasteiger partial charge in [-0.05, 0) is 92.4 Å². The molecule has 0 spiro atoms. The first-order valence-corrected chi connectivity index (χ1v) is 21.5. The van der Waals surface area contributed by atoms with Gasteiger partial charge in [-0.3, -0.25) is 19.2 Å². The van der Waals surface area contributed by atoms with Crippen LogP contribution in [0.4, 0.5) is 0 Å². The summed E-state index contributed by atoms with van der Waals surface area (Å²) in [6, 6.07) is 22.4. The molecule has 0 bridgehead atoms. The third-order valence-corrected chi connectivity index (χ3v) is 11.5. The van der Waals surface area contributed by atoms with Crippen LogP contribution in [0.25, 0.3) is 0 Å². The van der Waals surface area contributed by atoms with Crippen LogP contribution in [0.5, 0.6) is 0 Å². The molecule has 65 heavy (non-hydrogen) atoms. The lowest BCUT2D eigenvalue weighted by atomic mass is 9.85. The van der Waals surface area contributed by atoms with E-state index >= 15 is 0 Å². The van der Waals surface area contributed by atoms with Gasteiger partial charge >= 0.3 is 0 Å². The number of ether oxygens (including phenoxy) is 2. The van der Waals surface area contributed by atoms with Crippen molar-refractivity contribution in [3.8, 4) is 47.4 Å². The highest BCUT2D eigenvalue weighted by Crippen LogP contribution is 2.43. The van der Waals surface area contributed by atoms with Crippen LogP contribution >= 0.6 is 0 Å². The van der Waals surface area contributed by atoms with Gasteiger partial charge in [0.1, 0.15) is 0 Å². The summed E-state index contributed by atoms with van der Waals surface area (Å²) in [6.45, 7) is 24.8. The normalized spacial score (nSPS) is 13.6. The molecule has 0 radical (unpaired) electrons. The van der Waals surface area contributed by atoms with Crippen molar-refractivity contribution in [1.29, 1.82) is 0 Å². The monoisotopic (exact) mass is 862 g/mol. The Kier molecular flexibility index (Phi) is 14.5. The summed E-state index contributed by atoms with van der Waals surface area (Å²) in [6.07, 6.45) is 3.13. The molecule has 0 saturated heterocycles. The summed E-state index contributed by atoms with van der Waals surface area (Å²) in [4.78, 5) is 50.2. The average molecular weight is 863 g/mol. The van der Waals surface area contributed by atoms with Gasteiger partial charge in [0, 0.05) is 58.7 Å². The number of aldehydes is 4. The lowest BCUT2D eigenvalue weighted by Crippen LogP contribution is -2.36.